The second kappa shape index (κ2) is 8.32. The van der Waals surface area contributed by atoms with Crippen molar-refractivity contribution in [2.45, 2.75) is 25.7 Å². The van der Waals surface area contributed by atoms with Crippen molar-refractivity contribution < 1.29 is 0 Å². The first kappa shape index (κ1) is 18.9. The second-order valence-electron chi connectivity index (χ2n) is 7.54. The van der Waals surface area contributed by atoms with Gasteiger partial charge in [-0.1, -0.05) is 48.7 Å². The van der Waals surface area contributed by atoms with E-state index < -0.39 is 0 Å². The SMILES string of the molecule is Clc1cccc(Nc2nc(N3CCCCCC3)c3cnn(-c4ccccc4)c3n2)c1. The van der Waals surface area contributed by atoms with E-state index in [2.05, 4.69) is 15.3 Å². The monoisotopic (exact) mass is 418 g/mol. The largest absolute Gasteiger partial charge is 0.356 e. The molecule has 5 rings (SSSR count). The minimum atomic E-state index is 0.543. The average Bonchev–Trinajstić information content (AvgIpc) is 3.00. The summed E-state index contributed by atoms with van der Waals surface area (Å²) in [4.78, 5) is 12.1. The Morgan fingerprint density at radius 1 is 0.867 bits per heavy atom. The summed E-state index contributed by atoms with van der Waals surface area (Å²) in [7, 11) is 0. The van der Waals surface area contributed by atoms with Crippen LogP contribution in [0.2, 0.25) is 5.02 Å². The summed E-state index contributed by atoms with van der Waals surface area (Å²) in [5.41, 5.74) is 2.62. The molecule has 1 fully saturated rings. The maximum Gasteiger partial charge on any atom is 0.231 e. The van der Waals surface area contributed by atoms with E-state index in [1.165, 1.54) is 25.7 Å². The van der Waals surface area contributed by atoms with E-state index in [4.69, 9.17) is 21.6 Å². The van der Waals surface area contributed by atoms with Crippen LogP contribution < -0.4 is 10.2 Å². The molecule has 0 bridgehead atoms. The van der Waals surface area contributed by atoms with Gasteiger partial charge in [0.15, 0.2) is 5.65 Å². The van der Waals surface area contributed by atoms with Gasteiger partial charge in [-0.25, -0.2) is 4.68 Å². The van der Waals surface area contributed by atoms with Crippen LogP contribution in [0.3, 0.4) is 0 Å². The zero-order valence-electron chi connectivity index (χ0n) is 16.6. The summed E-state index contributed by atoms with van der Waals surface area (Å²) in [6.07, 6.45) is 6.76. The molecule has 0 radical (unpaired) electrons. The van der Waals surface area contributed by atoms with E-state index in [0.717, 1.165) is 41.3 Å². The summed E-state index contributed by atoms with van der Waals surface area (Å²) in [5.74, 6) is 1.48. The normalized spacial score (nSPS) is 14.6. The van der Waals surface area contributed by atoms with Gasteiger partial charge in [0.1, 0.15) is 5.82 Å². The van der Waals surface area contributed by atoms with Crippen LogP contribution in [-0.4, -0.2) is 32.8 Å². The summed E-state index contributed by atoms with van der Waals surface area (Å²) < 4.78 is 1.88. The number of hydrogen-bond donors (Lipinski definition) is 1. The third-order valence-corrected chi connectivity index (χ3v) is 5.63. The highest BCUT2D eigenvalue weighted by Crippen LogP contribution is 2.30. The molecule has 152 valence electrons. The van der Waals surface area contributed by atoms with Crippen LogP contribution in [0.4, 0.5) is 17.5 Å². The molecule has 2 aromatic heterocycles. The fourth-order valence-electron chi connectivity index (χ4n) is 3.93. The Balaban J connectivity index is 1.64. The van der Waals surface area contributed by atoms with Crippen molar-refractivity contribution in [3.05, 3.63) is 65.8 Å². The van der Waals surface area contributed by atoms with Crippen molar-refractivity contribution in [1.29, 1.82) is 0 Å². The lowest BCUT2D eigenvalue weighted by Crippen LogP contribution is -2.25. The minimum absolute atomic E-state index is 0.543. The zero-order chi connectivity index (χ0) is 20.3. The van der Waals surface area contributed by atoms with Crippen LogP contribution in [0.15, 0.2) is 60.8 Å². The molecular formula is C23H23ClN6. The third-order valence-electron chi connectivity index (χ3n) is 5.40. The smallest absolute Gasteiger partial charge is 0.231 e. The molecule has 1 saturated heterocycles. The Labute approximate surface area is 180 Å². The molecule has 1 N–H and O–H groups in total. The number of nitrogens with one attached hydrogen (secondary N) is 1. The first-order chi connectivity index (χ1) is 14.8. The Morgan fingerprint density at radius 3 is 2.43 bits per heavy atom. The number of para-hydroxylation sites is 1. The van der Waals surface area contributed by atoms with Crippen molar-refractivity contribution in [1.82, 2.24) is 19.7 Å². The number of aromatic nitrogens is 4. The molecule has 1 aliphatic rings. The minimum Gasteiger partial charge on any atom is -0.356 e. The number of nitrogens with zero attached hydrogens (tertiary/aromatic N) is 5. The Morgan fingerprint density at radius 2 is 1.67 bits per heavy atom. The molecule has 0 amide bonds. The predicted octanol–water partition coefficient (Wildman–Crippen LogP) is 5.59. The zero-order valence-corrected chi connectivity index (χ0v) is 17.4. The molecule has 0 unspecified atom stereocenters. The average molecular weight is 419 g/mol. The van der Waals surface area contributed by atoms with Gasteiger partial charge >= 0.3 is 0 Å². The highest BCUT2D eigenvalue weighted by molar-refractivity contribution is 6.30. The van der Waals surface area contributed by atoms with E-state index in [1.54, 1.807) is 0 Å². The van der Waals surface area contributed by atoms with Crippen molar-refractivity contribution >= 4 is 40.1 Å². The predicted molar refractivity (Wildman–Crippen MR) is 122 cm³/mol. The Bertz CT molecular complexity index is 1150. The molecule has 4 aromatic rings. The first-order valence-corrected chi connectivity index (χ1v) is 10.7. The highest BCUT2D eigenvalue weighted by atomic mass is 35.5. The molecule has 1 aliphatic heterocycles. The molecule has 0 atom stereocenters. The summed E-state index contributed by atoms with van der Waals surface area (Å²) in [6, 6.07) is 17.7. The number of anilines is 3. The van der Waals surface area contributed by atoms with E-state index in [-0.39, 0.29) is 0 Å². The Kier molecular flexibility index (Phi) is 5.24. The number of rotatable bonds is 4. The van der Waals surface area contributed by atoms with Gasteiger partial charge in [-0.2, -0.15) is 15.1 Å². The maximum atomic E-state index is 6.16. The van der Waals surface area contributed by atoms with Crippen molar-refractivity contribution in [2.24, 2.45) is 0 Å². The lowest BCUT2D eigenvalue weighted by Gasteiger charge is -2.22. The van der Waals surface area contributed by atoms with Gasteiger partial charge in [0.2, 0.25) is 5.95 Å². The van der Waals surface area contributed by atoms with Gasteiger partial charge in [0, 0.05) is 23.8 Å². The van der Waals surface area contributed by atoms with E-state index in [9.17, 15) is 0 Å². The van der Waals surface area contributed by atoms with Crippen LogP contribution in [-0.2, 0) is 0 Å². The molecular weight excluding hydrogens is 396 g/mol. The fraction of sp³-hybridized carbons (Fsp3) is 0.261. The van der Waals surface area contributed by atoms with Crippen molar-refractivity contribution in [3.63, 3.8) is 0 Å². The van der Waals surface area contributed by atoms with Crippen molar-refractivity contribution in [3.8, 4) is 5.69 Å². The first-order valence-electron chi connectivity index (χ1n) is 10.4. The van der Waals surface area contributed by atoms with Crippen molar-refractivity contribution in [2.75, 3.05) is 23.3 Å². The van der Waals surface area contributed by atoms with Crippen LogP contribution in [0.5, 0.6) is 0 Å². The highest BCUT2D eigenvalue weighted by Gasteiger charge is 2.20. The van der Waals surface area contributed by atoms with Gasteiger partial charge in [0.05, 0.1) is 17.3 Å². The molecule has 6 nitrogen and oxygen atoms in total. The lowest BCUT2D eigenvalue weighted by molar-refractivity contribution is 0.726. The number of hydrogen-bond acceptors (Lipinski definition) is 5. The molecule has 7 heteroatoms. The van der Waals surface area contributed by atoms with Gasteiger partial charge < -0.3 is 10.2 Å². The Hall–Kier alpha value is -3.12. The molecule has 0 aliphatic carbocycles. The summed E-state index contributed by atoms with van der Waals surface area (Å²) >= 11 is 6.16. The summed E-state index contributed by atoms with van der Waals surface area (Å²) in [6.45, 7) is 2.00. The summed E-state index contributed by atoms with van der Waals surface area (Å²) in [5, 5.41) is 9.61. The number of fused-ring (bicyclic) bond motifs is 1. The quantitative estimate of drug-likeness (QED) is 0.468. The van der Waals surface area contributed by atoms with Crippen LogP contribution >= 0.6 is 11.6 Å². The van der Waals surface area contributed by atoms with Gasteiger partial charge in [0.25, 0.3) is 0 Å². The molecule has 0 saturated carbocycles. The van der Waals surface area contributed by atoms with Gasteiger partial charge in [-0.3, -0.25) is 0 Å². The van der Waals surface area contributed by atoms with E-state index in [1.807, 2.05) is 65.5 Å². The van der Waals surface area contributed by atoms with Gasteiger partial charge in [-0.15, -0.1) is 0 Å². The molecule has 30 heavy (non-hydrogen) atoms. The lowest BCUT2D eigenvalue weighted by atomic mass is 10.2. The second-order valence-corrected chi connectivity index (χ2v) is 7.97. The molecule has 0 spiro atoms. The fourth-order valence-corrected chi connectivity index (χ4v) is 4.12. The van der Waals surface area contributed by atoms with Crippen LogP contribution in [0.25, 0.3) is 16.7 Å². The maximum absolute atomic E-state index is 6.16. The van der Waals surface area contributed by atoms with Gasteiger partial charge in [-0.05, 0) is 43.2 Å². The topological polar surface area (TPSA) is 58.9 Å². The van der Waals surface area contributed by atoms with E-state index >= 15 is 0 Å². The van der Waals surface area contributed by atoms with E-state index in [0.29, 0.717) is 11.0 Å². The number of halogens is 1. The standard InChI is InChI=1S/C23H23ClN6/c24-17-9-8-10-18(15-17)26-23-27-21(29-13-6-1-2-7-14-29)20-16-25-30(22(20)28-23)19-11-4-3-5-12-19/h3-5,8-12,15-16H,1-2,6-7,13-14H2,(H,26,27,28). The molecule has 2 aromatic carbocycles. The molecule has 3 heterocycles. The third kappa shape index (κ3) is 3.83. The number of benzene rings is 2. The van der Waals surface area contributed by atoms with Crippen LogP contribution in [0.1, 0.15) is 25.7 Å². The van der Waals surface area contributed by atoms with Crippen LogP contribution in [0, 0.1) is 0 Å².